The molecule has 0 aromatic heterocycles. The van der Waals surface area contributed by atoms with Crippen LogP contribution in [0.4, 0.5) is 0 Å². The third-order valence-corrected chi connectivity index (χ3v) is 3.81. The van der Waals surface area contributed by atoms with Crippen molar-refractivity contribution in [2.45, 2.75) is 47.1 Å². The van der Waals surface area contributed by atoms with Gasteiger partial charge in [0, 0.05) is 6.04 Å². The number of nitrogens with two attached hydrogens (primary N) is 1. The summed E-state index contributed by atoms with van der Waals surface area (Å²) < 4.78 is 0. The first-order valence-electron chi connectivity index (χ1n) is 6.22. The Morgan fingerprint density at radius 2 is 1.83 bits per heavy atom. The Morgan fingerprint density at radius 3 is 2.33 bits per heavy atom. The van der Waals surface area contributed by atoms with Gasteiger partial charge in [0.25, 0.3) is 0 Å². The lowest BCUT2D eigenvalue weighted by atomic mass is 9.82. The Kier molecular flexibility index (Phi) is 4.17. The molecule has 100 valence electrons. The molecule has 0 aliphatic rings. The number of benzene rings is 1. The average molecular weight is 249 g/mol. The fraction of sp³-hybridized carbons (Fsp3) is 0.533. The molecule has 3 heteroatoms. The minimum Gasteiger partial charge on any atom is -0.481 e. The fourth-order valence-corrected chi connectivity index (χ4v) is 2.13. The molecule has 0 spiro atoms. The van der Waals surface area contributed by atoms with Crippen LogP contribution >= 0.6 is 0 Å². The van der Waals surface area contributed by atoms with Gasteiger partial charge in [-0.25, -0.2) is 0 Å². The standard InChI is InChI=1S/C15H23NO2/c1-9-6-7-12(11(3)10(9)2)13(16)8-15(4,5)14(17)18/h6-7,13H,8,16H2,1-5H3,(H,17,18). The zero-order chi connectivity index (χ0) is 14.1. The summed E-state index contributed by atoms with van der Waals surface area (Å²) in [5, 5.41) is 9.15. The molecular formula is C15H23NO2. The average Bonchev–Trinajstić information content (AvgIpc) is 2.25. The van der Waals surface area contributed by atoms with E-state index in [0.717, 1.165) is 5.56 Å². The highest BCUT2D eigenvalue weighted by Gasteiger charge is 2.30. The lowest BCUT2D eigenvalue weighted by Crippen LogP contribution is -2.29. The number of aryl methyl sites for hydroxylation is 1. The normalized spacial score (nSPS) is 13.4. The number of hydrogen-bond donors (Lipinski definition) is 2. The van der Waals surface area contributed by atoms with Crippen LogP contribution in [-0.2, 0) is 4.79 Å². The van der Waals surface area contributed by atoms with Crippen molar-refractivity contribution in [3.05, 3.63) is 34.4 Å². The summed E-state index contributed by atoms with van der Waals surface area (Å²) in [4.78, 5) is 11.1. The zero-order valence-electron chi connectivity index (χ0n) is 11.9. The number of aliphatic carboxylic acids is 1. The predicted octanol–water partition coefficient (Wildman–Crippen LogP) is 3.11. The van der Waals surface area contributed by atoms with Crippen molar-refractivity contribution in [3.63, 3.8) is 0 Å². The molecule has 18 heavy (non-hydrogen) atoms. The smallest absolute Gasteiger partial charge is 0.309 e. The zero-order valence-corrected chi connectivity index (χ0v) is 11.9. The Morgan fingerprint density at radius 1 is 1.28 bits per heavy atom. The van der Waals surface area contributed by atoms with Gasteiger partial charge in [-0.1, -0.05) is 12.1 Å². The minimum absolute atomic E-state index is 0.240. The summed E-state index contributed by atoms with van der Waals surface area (Å²) in [7, 11) is 0. The van der Waals surface area contributed by atoms with Gasteiger partial charge in [0.05, 0.1) is 5.41 Å². The topological polar surface area (TPSA) is 63.3 Å². The van der Waals surface area contributed by atoms with E-state index in [0.29, 0.717) is 6.42 Å². The van der Waals surface area contributed by atoms with E-state index in [1.807, 2.05) is 19.1 Å². The fourth-order valence-electron chi connectivity index (χ4n) is 2.13. The van der Waals surface area contributed by atoms with E-state index in [-0.39, 0.29) is 6.04 Å². The van der Waals surface area contributed by atoms with Gasteiger partial charge in [0.2, 0.25) is 0 Å². The molecule has 1 unspecified atom stereocenters. The van der Waals surface area contributed by atoms with Gasteiger partial charge in [-0.05, 0) is 63.3 Å². The summed E-state index contributed by atoms with van der Waals surface area (Å²) in [6.45, 7) is 9.62. The van der Waals surface area contributed by atoms with E-state index in [9.17, 15) is 4.79 Å². The minimum atomic E-state index is -0.806. The first kappa shape index (κ1) is 14.7. The van der Waals surface area contributed by atoms with Gasteiger partial charge in [-0.2, -0.15) is 0 Å². The molecule has 0 aliphatic heterocycles. The highest BCUT2D eigenvalue weighted by Crippen LogP contribution is 2.31. The number of hydrogen-bond acceptors (Lipinski definition) is 2. The molecule has 1 atom stereocenters. The maximum Gasteiger partial charge on any atom is 0.309 e. The van der Waals surface area contributed by atoms with Crippen molar-refractivity contribution in [1.29, 1.82) is 0 Å². The molecule has 0 bridgehead atoms. The van der Waals surface area contributed by atoms with Crippen molar-refractivity contribution < 1.29 is 9.90 Å². The molecule has 1 rings (SSSR count). The lowest BCUT2D eigenvalue weighted by molar-refractivity contribution is -0.147. The highest BCUT2D eigenvalue weighted by molar-refractivity contribution is 5.73. The summed E-state index contributed by atoms with van der Waals surface area (Å²) in [6, 6.07) is 3.82. The SMILES string of the molecule is Cc1ccc(C(N)CC(C)(C)C(=O)O)c(C)c1C. The molecule has 1 aromatic carbocycles. The lowest BCUT2D eigenvalue weighted by Gasteiger charge is -2.25. The maximum absolute atomic E-state index is 11.1. The van der Waals surface area contributed by atoms with Crippen molar-refractivity contribution in [1.82, 2.24) is 0 Å². The largest absolute Gasteiger partial charge is 0.481 e. The van der Waals surface area contributed by atoms with Gasteiger partial charge in [-0.15, -0.1) is 0 Å². The molecule has 0 fully saturated rings. The van der Waals surface area contributed by atoms with Gasteiger partial charge < -0.3 is 10.8 Å². The summed E-state index contributed by atoms with van der Waals surface area (Å²) in [5.74, 6) is -0.806. The molecule has 0 heterocycles. The highest BCUT2D eigenvalue weighted by atomic mass is 16.4. The second-order valence-electron chi connectivity index (χ2n) is 5.72. The summed E-state index contributed by atoms with van der Waals surface area (Å²) in [6.07, 6.45) is 0.436. The molecule has 0 amide bonds. The first-order chi connectivity index (χ1) is 8.16. The van der Waals surface area contributed by atoms with Crippen LogP contribution in [0.5, 0.6) is 0 Å². The van der Waals surface area contributed by atoms with Crippen LogP contribution in [0.15, 0.2) is 12.1 Å². The van der Waals surface area contributed by atoms with E-state index in [1.165, 1.54) is 16.7 Å². The van der Waals surface area contributed by atoms with Crippen LogP contribution in [0.3, 0.4) is 0 Å². The molecular weight excluding hydrogens is 226 g/mol. The van der Waals surface area contributed by atoms with Crippen LogP contribution in [0.1, 0.15) is 48.6 Å². The molecule has 0 aliphatic carbocycles. The van der Waals surface area contributed by atoms with Crippen LogP contribution < -0.4 is 5.73 Å². The second-order valence-corrected chi connectivity index (χ2v) is 5.72. The number of carbonyl (C=O) groups is 1. The Bertz CT molecular complexity index is 464. The van der Waals surface area contributed by atoms with Gasteiger partial charge >= 0.3 is 5.97 Å². The van der Waals surface area contributed by atoms with Crippen LogP contribution in [-0.4, -0.2) is 11.1 Å². The van der Waals surface area contributed by atoms with Crippen molar-refractivity contribution in [3.8, 4) is 0 Å². The van der Waals surface area contributed by atoms with E-state index in [1.54, 1.807) is 13.8 Å². The molecule has 1 aromatic rings. The van der Waals surface area contributed by atoms with Crippen LogP contribution in [0.2, 0.25) is 0 Å². The van der Waals surface area contributed by atoms with Crippen molar-refractivity contribution >= 4 is 5.97 Å². The first-order valence-corrected chi connectivity index (χ1v) is 6.22. The van der Waals surface area contributed by atoms with Crippen LogP contribution in [0, 0.1) is 26.2 Å². The summed E-state index contributed by atoms with van der Waals surface area (Å²) in [5.41, 5.74) is 10.1. The molecule has 0 radical (unpaired) electrons. The van der Waals surface area contributed by atoms with E-state index in [4.69, 9.17) is 10.8 Å². The number of rotatable bonds is 4. The monoisotopic (exact) mass is 249 g/mol. The Labute approximate surface area is 109 Å². The third kappa shape index (κ3) is 2.91. The quantitative estimate of drug-likeness (QED) is 0.861. The van der Waals surface area contributed by atoms with Crippen LogP contribution in [0.25, 0.3) is 0 Å². The third-order valence-electron chi connectivity index (χ3n) is 3.81. The predicted molar refractivity (Wildman–Crippen MR) is 73.6 cm³/mol. The van der Waals surface area contributed by atoms with Crippen molar-refractivity contribution in [2.24, 2.45) is 11.1 Å². The maximum atomic E-state index is 11.1. The van der Waals surface area contributed by atoms with Gasteiger partial charge in [0.15, 0.2) is 0 Å². The number of carboxylic acid groups (broad SMARTS) is 1. The van der Waals surface area contributed by atoms with E-state index < -0.39 is 11.4 Å². The van der Waals surface area contributed by atoms with E-state index >= 15 is 0 Å². The van der Waals surface area contributed by atoms with Gasteiger partial charge in [-0.3, -0.25) is 4.79 Å². The molecule has 0 saturated carbocycles. The Hall–Kier alpha value is -1.35. The Balaban J connectivity index is 3.02. The molecule has 0 saturated heterocycles. The molecule has 3 nitrogen and oxygen atoms in total. The van der Waals surface area contributed by atoms with Crippen molar-refractivity contribution in [2.75, 3.05) is 0 Å². The second kappa shape index (κ2) is 5.11. The molecule has 3 N–H and O–H groups in total. The summed E-state index contributed by atoms with van der Waals surface area (Å²) >= 11 is 0. The number of carboxylic acids is 1. The van der Waals surface area contributed by atoms with E-state index in [2.05, 4.69) is 13.8 Å². The van der Waals surface area contributed by atoms with Gasteiger partial charge in [0.1, 0.15) is 0 Å².